The Kier molecular flexibility index (Phi) is 4.25. The maximum absolute atomic E-state index is 12.9. The van der Waals surface area contributed by atoms with Crippen LogP contribution in [0.5, 0.6) is 5.75 Å². The molecule has 5 atom stereocenters. The van der Waals surface area contributed by atoms with E-state index in [1.54, 1.807) is 31.4 Å². The first-order valence-corrected chi connectivity index (χ1v) is 9.73. The molecule has 0 unspecified atom stereocenters. The van der Waals surface area contributed by atoms with Gasteiger partial charge in [-0.25, -0.2) is 4.79 Å². The first kappa shape index (κ1) is 18.9. The van der Waals surface area contributed by atoms with Crippen LogP contribution in [-0.2, 0) is 9.53 Å². The van der Waals surface area contributed by atoms with E-state index in [1.165, 1.54) is 0 Å². The Bertz CT molecular complexity index is 847. The number of rotatable bonds is 5. The SMILES string of the molecule is COc1ccc([C@@H](C[N+](=O)[O-])[C@@H]2N=C3[C@H](OC2=O)[C@H]2CC[C@]3(C)C2(C)C)cc1. The fourth-order valence-electron chi connectivity index (χ4n) is 5.43. The number of esters is 1. The number of ether oxygens (including phenoxy) is 2. The molecular formula is C21H26N2O5. The van der Waals surface area contributed by atoms with Gasteiger partial charge in [-0.15, -0.1) is 0 Å². The molecule has 2 bridgehead atoms. The number of benzene rings is 1. The summed E-state index contributed by atoms with van der Waals surface area (Å²) in [5, 5.41) is 11.4. The average molecular weight is 386 g/mol. The van der Waals surface area contributed by atoms with Crippen LogP contribution < -0.4 is 4.74 Å². The van der Waals surface area contributed by atoms with Gasteiger partial charge in [-0.1, -0.05) is 32.9 Å². The normalized spacial score (nSPS) is 33.6. The predicted molar refractivity (Wildman–Crippen MR) is 103 cm³/mol. The lowest BCUT2D eigenvalue weighted by molar-refractivity contribution is -0.483. The number of hydrogen-bond donors (Lipinski definition) is 0. The molecule has 1 aromatic rings. The van der Waals surface area contributed by atoms with Gasteiger partial charge in [0.05, 0.1) is 18.7 Å². The number of aliphatic imine (C=N–C) groups is 1. The molecule has 28 heavy (non-hydrogen) atoms. The topological polar surface area (TPSA) is 91.0 Å². The maximum Gasteiger partial charge on any atom is 0.332 e. The minimum atomic E-state index is -0.892. The van der Waals surface area contributed by atoms with Crippen molar-refractivity contribution in [3.05, 3.63) is 39.9 Å². The van der Waals surface area contributed by atoms with Crippen LogP contribution in [0.25, 0.3) is 0 Å². The van der Waals surface area contributed by atoms with Gasteiger partial charge in [0.25, 0.3) is 0 Å². The number of nitrogens with zero attached hydrogens (tertiary/aromatic N) is 2. The van der Waals surface area contributed by atoms with Crippen LogP contribution in [0.3, 0.4) is 0 Å². The molecule has 0 aromatic heterocycles. The van der Waals surface area contributed by atoms with Gasteiger partial charge in [0.2, 0.25) is 6.54 Å². The third-order valence-electron chi connectivity index (χ3n) is 7.54. The van der Waals surface area contributed by atoms with Crippen LogP contribution in [0.1, 0.15) is 45.1 Å². The van der Waals surface area contributed by atoms with E-state index in [4.69, 9.17) is 14.5 Å². The Balaban J connectivity index is 1.74. The highest BCUT2D eigenvalue weighted by atomic mass is 16.6. The number of fused-ring (bicyclic) bond motifs is 5. The van der Waals surface area contributed by atoms with Crippen LogP contribution in [-0.4, -0.2) is 42.4 Å². The lowest BCUT2D eigenvalue weighted by Gasteiger charge is -2.37. The van der Waals surface area contributed by atoms with Crippen molar-refractivity contribution in [3.8, 4) is 5.75 Å². The standard InChI is InChI=1S/C21H26N2O5/c1-20(2)15-9-10-21(20,3)18-17(15)28-19(24)16(22-18)14(11-23(25)26)12-5-7-13(27-4)8-6-12/h5-8,14-17H,9-11H2,1-4H3/t14-,15-,16+,17-,21+/m1/s1. The molecule has 2 saturated carbocycles. The molecule has 150 valence electrons. The van der Waals surface area contributed by atoms with Crippen molar-refractivity contribution in [1.82, 2.24) is 0 Å². The molecule has 4 rings (SSSR count). The summed E-state index contributed by atoms with van der Waals surface area (Å²) in [5.41, 5.74) is 1.46. The number of methoxy groups -OCH3 is 1. The van der Waals surface area contributed by atoms with Crippen LogP contribution in [0.2, 0.25) is 0 Å². The van der Waals surface area contributed by atoms with E-state index < -0.39 is 17.9 Å². The van der Waals surface area contributed by atoms with E-state index in [9.17, 15) is 14.9 Å². The highest BCUT2D eigenvalue weighted by Crippen LogP contribution is 2.65. The average Bonchev–Trinajstić information content (AvgIpc) is 2.98. The monoisotopic (exact) mass is 386 g/mol. The van der Waals surface area contributed by atoms with Gasteiger partial charge in [-0.3, -0.25) is 15.1 Å². The summed E-state index contributed by atoms with van der Waals surface area (Å²) in [4.78, 5) is 28.7. The van der Waals surface area contributed by atoms with E-state index in [0.717, 1.165) is 18.6 Å². The number of carbonyl (C=O) groups is 1. The van der Waals surface area contributed by atoms with Gasteiger partial charge < -0.3 is 9.47 Å². The quantitative estimate of drug-likeness (QED) is 0.440. The number of carbonyl (C=O) groups excluding carboxylic acids is 1. The molecule has 1 aromatic carbocycles. The van der Waals surface area contributed by atoms with Crippen molar-refractivity contribution in [2.45, 2.75) is 51.7 Å². The summed E-state index contributed by atoms with van der Waals surface area (Å²) in [6.07, 6.45) is 1.74. The predicted octanol–water partition coefficient (Wildman–Crippen LogP) is 3.25. The highest BCUT2D eigenvalue weighted by Gasteiger charge is 2.67. The molecule has 0 saturated heterocycles. The van der Waals surface area contributed by atoms with E-state index in [-0.39, 0.29) is 34.3 Å². The van der Waals surface area contributed by atoms with Gasteiger partial charge >= 0.3 is 5.97 Å². The van der Waals surface area contributed by atoms with Crippen LogP contribution in [0, 0.1) is 26.9 Å². The van der Waals surface area contributed by atoms with Crippen molar-refractivity contribution in [2.24, 2.45) is 21.7 Å². The summed E-state index contributed by atoms with van der Waals surface area (Å²) in [7, 11) is 1.56. The lowest BCUT2D eigenvalue weighted by atomic mass is 9.70. The molecule has 0 N–H and O–H groups in total. The second-order valence-electron chi connectivity index (χ2n) is 8.91. The molecular weight excluding hydrogens is 360 g/mol. The van der Waals surface area contributed by atoms with Gasteiger partial charge in [0, 0.05) is 16.3 Å². The molecule has 2 fully saturated rings. The molecule has 1 aliphatic heterocycles. The Morgan fingerprint density at radius 1 is 1.32 bits per heavy atom. The number of nitro groups is 1. The molecule has 0 radical (unpaired) electrons. The smallest absolute Gasteiger partial charge is 0.332 e. The van der Waals surface area contributed by atoms with Gasteiger partial charge in [0.1, 0.15) is 11.9 Å². The van der Waals surface area contributed by atoms with Crippen molar-refractivity contribution in [1.29, 1.82) is 0 Å². The number of hydrogen-bond acceptors (Lipinski definition) is 6. The summed E-state index contributed by atoms with van der Waals surface area (Å²) in [5.74, 6) is -0.212. The third kappa shape index (κ3) is 2.55. The minimum Gasteiger partial charge on any atom is -0.497 e. The van der Waals surface area contributed by atoms with E-state index in [0.29, 0.717) is 11.3 Å². The minimum absolute atomic E-state index is 0.00954. The van der Waals surface area contributed by atoms with Gasteiger partial charge in [0.15, 0.2) is 6.04 Å². The van der Waals surface area contributed by atoms with Crippen molar-refractivity contribution in [3.63, 3.8) is 0 Å². The van der Waals surface area contributed by atoms with Crippen molar-refractivity contribution < 1.29 is 19.2 Å². The van der Waals surface area contributed by atoms with Crippen molar-refractivity contribution >= 4 is 11.7 Å². The fourth-order valence-corrected chi connectivity index (χ4v) is 5.43. The second kappa shape index (κ2) is 6.29. The maximum atomic E-state index is 12.9. The Morgan fingerprint density at radius 3 is 2.61 bits per heavy atom. The zero-order valence-electron chi connectivity index (χ0n) is 16.7. The summed E-state index contributed by atoms with van der Waals surface area (Å²) < 4.78 is 11.0. The van der Waals surface area contributed by atoms with E-state index in [2.05, 4.69) is 20.8 Å². The van der Waals surface area contributed by atoms with Crippen LogP contribution >= 0.6 is 0 Å². The molecule has 0 spiro atoms. The first-order valence-electron chi connectivity index (χ1n) is 9.73. The lowest BCUT2D eigenvalue weighted by Crippen LogP contribution is -2.47. The molecule has 0 amide bonds. The summed E-state index contributed by atoms with van der Waals surface area (Å²) in [6.45, 7) is 6.24. The van der Waals surface area contributed by atoms with E-state index >= 15 is 0 Å². The van der Waals surface area contributed by atoms with Gasteiger partial charge in [-0.2, -0.15) is 0 Å². The van der Waals surface area contributed by atoms with Crippen molar-refractivity contribution in [2.75, 3.05) is 13.7 Å². The molecule has 7 heteroatoms. The Labute approximate surface area is 164 Å². The Morgan fingerprint density at radius 2 is 2.00 bits per heavy atom. The molecule has 7 nitrogen and oxygen atoms in total. The Hall–Kier alpha value is -2.44. The molecule has 3 aliphatic rings. The summed E-state index contributed by atoms with van der Waals surface area (Å²) >= 11 is 0. The van der Waals surface area contributed by atoms with Crippen LogP contribution in [0.4, 0.5) is 0 Å². The zero-order chi connectivity index (χ0) is 20.3. The first-order chi connectivity index (χ1) is 13.2. The molecule has 2 aliphatic carbocycles. The van der Waals surface area contributed by atoms with E-state index in [1.807, 2.05) is 0 Å². The highest BCUT2D eigenvalue weighted by molar-refractivity contribution is 6.03. The van der Waals surface area contributed by atoms with Crippen LogP contribution in [0.15, 0.2) is 29.3 Å². The second-order valence-corrected chi connectivity index (χ2v) is 8.91. The zero-order valence-corrected chi connectivity index (χ0v) is 16.7. The largest absolute Gasteiger partial charge is 0.497 e. The summed E-state index contributed by atoms with van der Waals surface area (Å²) in [6, 6.07) is 6.12. The van der Waals surface area contributed by atoms with Gasteiger partial charge in [-0.05, 0) is 36.0 Å². The molecule has 1 heterocycles. The fraction of sp³-hybridized carbons (Fsp3) is 0.619. The third-order valence-corrected chi connectivity index (χ3v) is 7.54.